The zero-order valence-electron chi connectivity index (χ0n) is 8.45. The van der Waals surface area contributed by atoms with Crippen LogP contribution in [0.3, 0.4) is 0 Å². The van der Waals surface area contributed by atoms with Crippen LogP contribution in [0.15, 0.2) is 17.1 Å². The van der Waals surface area contributed by atoms with Crippen LogP contribution < -0.4 is 14.8 Å². The van der Waals surface area contributed by atoms with Gasteiger partial charge in [-0.25, -0.2) is 0 Å². The minimum absolute atomic E-state index is 0.421. The molecule has 0 aromatic heterocycles. The summed E-state index contributed by atoms with van der Waals surface area (Å²) >= 11 is 5.83. The number of benzene rings is 1. The van der Waals surface area contributed by atoms with Gasteiger partial charge in [0.05, 0.1) is 14.2 Å². The van der Waals surface area contributed by atoms with E-state index >= 15 is 0 Å². The molecule has 80 valence electrons. The first-order valence-electron chi connectivity index (χ1n) is 4.44. The molecule has 0 bridgehead atoms. The number of fused-ring (bicyclic) bond motifs is 1. The van der Waals surface area contributed by atoms with Crippen LogP contribution in [0.5, 0.6) is 11.5 Å². The van der Waals surface area contributed by atoms with Crippen molar-refractivity contribution in [3.63, 3.8) is 0 Å². The van der Waals surface area contributed by atoms with E-state index in [0.717, 1.165) is 11.3 Å². The van der Waals surface area contributed by atoms with Gasteiger partial charge in [0.25, 0.3) is 0 Å². The summed E-state index contributed by atoms with van der Waals surface area (Å²) in [5.41, 5.74) is 1.41. The lowest BCUT2D eigenvalue weighted by molar-refractivity contribution is 0.355. The number of anilines is 1. The van der Waals surface area contributed by atoms with Gasteiger partial charge >= 0.3 is 0 Å². The van der Waals surface area contributed by atoms with Gasteiger partial charge in [0.1, 0.15) is 0 Å². The molecule has 1 aromatic rings. The van der Waals surface area contributed by atoms with Crippen LogP contribution in [-0.2, 0) is 0 Å². The van der Waals surface area contributed by atoms with Crippen molar-refractivity contribution in [1.29, 1.82) is 0 Å². The normalized spacial score (nSPS) is 17.9. The fourth-order valence-electron chi connectivity index (χ4n) is 1.44. The van der Waals surface area contributed by atoms with Crippen LogP contribution in [0.4, 0.5) is 5.69 Å². The van der Waals surface area contributed by atoms with Crippen molar-refractivity contribution in [2.24, 2.45) is 4.99 Å². The van der Waals surface area contributed by atoms with Crippen molar-refractivity contribution in [3.05, 3.63) is 17.7 Å². The number of nitrogens with one attached hydrogen (secondary N) is 1. The first-order valence-corrected chi connectivity index (χ1v) is 4.88. The molecule has 1 atom stereocenters. The van der Waals surface area contributed by atoms with E-state index in [4.69, 9.17) is 21.1 Å². The van der Waals surface area contributed by atoms with E-state index in [1.807, 2.05) is 12.1 Å². The maximum atomic E-state index is 5.83. The second kappa shape index (κ2) is 3.98. The van der Waals surface area contributed by atoms with E-state index in [0.29, 0.717) is 11.5 Å². The SMILES string of the molecule is COc1cc2c(cc1OC)NC(Cl)N=C2. The molecule has 1 unspecified atom stereocenters. The highest BCUT2D eigenvalue weighted by molar-refractivity contribution is 6.22. The lowest BCUT2D eigenvalue weighted by Crippen LogP contribution is -2.15. The van der Waals surface area contributed by atoms with Gasteiger partial charge in [-0.3, -0.25) is 4.99 Å². The molecule has 15 heavy (non-hydrogen) atoms. The van der Waals surface area contributed by atoms with Crippen LogP contribution in [0.25, 0.3) is 0 Å². The third-order valence-electron chi connectivity index (χ3n) is 2.17. The Balaban J connectivity index is 2.47. The summed E-state index contributed by atoms with van der Waals surface area (Å²) in [4.78, 5) is 4.04. The maximum absolute atomic E-state index is 5.83. The molecule has 1 aromatic carbocycles. The molecule has 0 saturated heterocycles. The van der Waals surface area contributed by atoms with Gasteiger partial charge < -0.3 is 14.8 Å². The molecular weight excluding hydrogens is 216 g/mol. The minimum Gasteiger partial charge on any atom is -0.493 e. The van der Waals surface area contributed by atoms with Crippen LogP contribution >= 0.6 is 11.6 Å². The van der Waals surface area contributed by atoms with Crippen LogP contribution in [-0.4, -0.2) is 26.1 Å². The summed E-state index contributed by atoms with van der Waals surface area (Å²) < 4.78 is 10.4. The Kier molecular flexibility index (Phi) is 2.68. The zero-order valence-corrected chi connectivity index (χ0v) is 9.21. The molecule has 1 heterocycles. The standard InChI is InChI=1S/C10H11ClN2O2/c1-14-8-3-6-5-12-10(11)13-7(6)4-9(8)15-2/h3-5,10,13H,1-2H3. The first-order chi connectivity index (χ1) is 7.24. The topological polar surface area (TPSA) is 42.9 Å². The third kappa shape index (κ3) is 1.85. The predicted octanol–water partition coefficient (Wildman–Crippen LogP) is 2.07. The van der Waals surface area contributed by atoms with E-state index in [2.05, 4.69) is 10.3 Å². The Morgan fingerprint density at radius 2 is 1.93 bits per heavy atom. The average Bonchev–Trinajstić information content (AvgIpc) is 2.27. The minimum atomic E-state index is -0.421. The fourth-order valence-corrected chi connectivity index (χ4v) is 1.61. The summed E-state index contributed by atoms with van der Waals surface area (Å²) in [5, 5.41) is 3.02. The largest absolute Gasteiger partial charge is 0.493 e. The van der Waals surface area contributed by atoms with Crippen molar-refractivity contribution in [1.82, 2.24) is 0 Å². The van der Waals surface area contributed by atoms with Gasteiger partial charge in [0, 0.05) is 23.5 Å². The van der Waals surface area contributed by atoms with Crippen LogP contribution in [0.2, 0.25) is 0 Å². The first kappa shape index (κ1) is 10.1. The third-order valence-corrected chi connectivity index (χ3v) is 2.40. The molecule has 5 heteroatoms. The van der Waals surface area contributed by atoms with E-state index in [9.17, 15) is 0 Å². The fraction of sp³-hybridized carbons (Fsp3) is 0.300. The number of halogens is 1. The number of rotatable bonds is 2. The Hall–Kier alpha value is -1.42. The number of ether oxygens (including phenoxy) is 2. The van der Waals surface area contributed by atoms with Crippen molar-refractivity contribution >= 4 is 23.5 Å². The lowest BCUT2D eigenvalue weighted by atomic mass is 10.1. The summed E-state index contributed by atoms with van der Waals surface area (Å²) in [5.74, 6) is 1.35. The van der Waals surface area contributed by atoms with Gasteiger partial charge in [0.15, 0.2) is 17.1 Å². The van der Waals surface area contributed by atoms with Gasteiger partial charge in [0.2, 0.25) is 0 Å². The summed E-state index contributed by atoms with van der Waals surface area (Å²) in [7, 11) is 3.20. The Bertz CT molecular complexity index is 407. The van der Waals surface area contributed by atoms with E-state index in [1.165, 1.54) is 0 Å². The highest BCUT2D eigenvalue weighted by atomic mass is 35.5. The monoisotopic (exact) mass is 226 g/mol. The second-order valence-electron chi connectivity index (χ2n) is 3.05. The Morgan fingerprint density at radius 1 is 1.27 bits per heavy atom. The quantitative estimate of drug-likeness (QED) is 0.620. The number of hydrogen-bond donors (Lipinski definition) is 1. The molecule has 1 N–H and O–H groups in total. The summed E-state index contributed by atoms with van der Waals surface area (Å²) in [6.07, 6.45) is 1.71. The summed E-state index contributed by atoms with van der Waals surface area (Å²) in [6.45, 7) is 0. The highest BCUT2D eigenvalue weighted by Crippen LogP contribution is 2.34. The molecule has 0 saturated carbocycles. The van der Waals surface area contributed by atoms with Crippen LogP contribution in [0, 0.1) is 0 Å². The molecule has 0 radical (unpaired) electrons. The molecule has 0 fully saturated rings. The van der Waals surface area contributed by atoms with Crippen molar-refractivity contribution in [3.8, 4) is 11.5 Å². The number of nitrogens with zero attached hydrogens (tertiary/aromatic N) is 1. The molecule has 0 amide bonds. The van der Waals surface area contributed by atoms with Gasteiger partial charge in [-0.15, -0.1) is 0 Å². The Labute approximate surface area is 92.9 Å². The second-order valence-corrected chi connectivity index (χ2v) is 3.47. The van der Waals surface area contributed by atoms with Crippen molar-refractivity contribution in [2.45, 2.75) is 5.62 Å². The van der Waals surface area contributed by atoms with Gasteiger partial charge in [-0.2, -0.15) is 0 Å². The van der Waals surface area contributed by atoms with E-state index in [-0.39, 0.29) is 0 Å². The average molecular weight is 227 g/mol. The molecule has 0 aliphatic carbocycles. The highest BCUT2D eigenvalue weighted by Gasteiger charge is 2.15. The lowest BCUT2D eigenvalue weighted by Gasteiger charge is -2.19. The number of aliphatic imine (C=N–C) groups is 1. The van der Waals surface area contributed by atoms with Crippen molar-refractivity contribution < 1.29 is 9.47 Å². The van der Waals surface area contributed by atoms with E-state index in [1.54, 1.807) is 20.4 Å². The maximum Gasteiger partial charge on any atom is 0.195 e. The molecule has 2 rings (SSSR count). The van der Waals surface area contributed by atoms with E-state index < -0.39 is 5.62 Å². The molecular formula is C10H11ClN2O2. The molecule has 1 aliphatic rings. The Morgan fingerprint density at radius 3 is 2.60 bits per heavy atom. The van der Waals surface area contributed by atoms with Gasteiger partial charge in [-0.05, 0) is 6.07 Å². The number of alkyl halides is 1. The summed E-state index contributed by atoms with van der Waals surface area (Å²) in [6, 6.07) is 3.70. The van der Waals surface area contributed by atoms with Crippen molar-refractivity contribution in [2.75, 3.05) is 19.5 Å². The van der Waals surface area contributed by atoms with Gasteiger partial charge in [-0.1, -0.05) is 11.6 Å². The molecule has 0 spiro atoms. The van der Waals surface area contributed by atoms with Crippen LogP contribution in [0.1, 0.15) is 5.56 Å². The number of methoxy groups -OCH3 is 2. The predicted molar refractivity (Wildman–Crippen MR) is 60.4 cm³/mol. The number of hydrogen-bond acceptors (Lipinski definition) is 4. The zero-order chi connectivity index (χ0) is 10.8. The molecule has 4 nitrogen and oxygen atoms in total. The smallest absolute Gasteiger partial charge is 0.195 e. The molecule has 1 aliphatic heterocycles.